The molecule has 3 rings (SSSR count). The van der Waals surface area contributed by atoms with E-state index in [1.54, 1.807) is 6.08 Å². The Balaban J connectivity index is 1.64. The van der Waals surface area contributed by atoms with Gasteiger partial charge >= 0.3 is 5.97 Å². The van der Waals surface area contributed by atoms with Crippen molar-refractivity contribution in [2.24, 2.45) is 0 Å². The lowest BCUT2D eigenvalue weighted by molar-refractivity contribution is -0.233. The Morgan fingerprint density at radius 2 is 2.10 bits per heavy atom. The summed E-state index contributed by atoms with van der Waals surface area (Å²) in [5, 5.41) is 19.9. The summed E-state index contributed by atoms with van der Waals surface area (Å²) in [6.07, 6.45) is 0.472. The van der Waals surface area contributed by atoms with E-state index in [0.29, 0.717) is 0 Å². The van der Waals surface area contributed by atoms with Crippen LogP contribution in [-0.2, 0) is 19.0 Å². The molecule has 0 aliphatic carbocycles. The Hall–Kier alpha value is -1.73. The zero-order valence-corrected chi connectivity index (χ0v) is 11.2. The van der Waals surface area contributed by atoms with Crippen molar-refractivity contribution in [3.8, 4) is 0 Å². The molecule has 0 amide bonds. The summed E-state index contributed by atoms with van der Waals surface area (Å²) in [6, 6.07) is 9.24. The summed E-state index contributed by atoms with van der Waals surface area (Å²) in [6.45, 7) is -0.167. The molecule has 2 N–H and O–H groups in total. The first-order valence-electron chi connectivity index (χ1n) is 6.68. The summed E-state index contributed by atoms with van der Waals surface area (Å²) in [7, 11) is 0. The summed E-state index contributed by atoms with van der Waals surface area (Å²) in [4.78, 5) is 11.8. The third-order valence-electron chi connectivity index (χ3n) is 3.54. The van der Waals surface area contributed by atoms with Gasteiger partial charge in [-0.25, -0.2) is 4.79 Å². The molecule has 2 aliphatic rings. The molecule has 0 aromatic heterocycles. The Bertz CT molecular complexity index is 542. The highest BCUT2D eigenvalue weighted by Gasteiger charge is 2.58. The van der Waals surface area contributed by atoms with E-state index >= 15 is 0 Å². The Morgan fingerprint density at radius 1 is 1.33 bits per heavy atom. The van der Waals surface area contributed by atoms with Crippen LogP contribution in [0.4, 0.5) is 0 Å². The monoisotopic (exact) mass is 292 g/mol. The van der Waals surface area contributed by atoms with Crippen molar-refractivity contribution in [2.45, 2.75) is 24.1 Å². The maximum Gasteiger partial charge on any atom is 0.333 e. The number of hydrogen-bond acceptors (Lipinski definition) is 6. The summed E-state index contributed by atoms with van der Waals surface area (Å²) in [5.41, 5.74) is 0.842. The largest absolute Gasteiger partial charge is 0.424 e. The molecule has 2 saturated heterocycles. The fraction of sp³-hybridized carbons (Fsp3) is 0.400. The average Bonchev–Trinajstić information content (AvgIpc) is 3.00. The van der Waals surface area contributed by atoms with Crippen molar-refractivity contribution in [3.63, 3.8) is 0 Å². The maximum absolute atomic E-state index is 11.8. The lowest BCUT2D eigenvalue weighted by Crippen LogP contribution is -2.47. The van der Waals surface area contributed by atoms with E-state index in [-0.39, 0.29) is 13.2 Å². The zero-order chi connectivity index (χ0) is 14.9. The Morgan fingerprint density at radius 3 is 2.86 bits per heavy atom. The molecule has 0 spiro atoms. The van der Waals surface area contributed by atoms with Crippen molar-refractivity contribution in [1.29, 1.82) is 0 Å². The molecule has 6 heteroatoms. The van der Waals surface area contributed by atoms with Crippen LogP contribution in [0.3, 0.4) is 0 Å². The van der Waals surface area contributed by atoms with E-state index in [1.807, 2.05) is 30.3 Å². The normalized spacial score (nSPS) is 35.0. The van der Waals surface area contributed by atoms with Crippen LogP contribution in [0, 0.1) is 0 Å². The molecule has 0 saturated carbocycles. The quantitative estimate of drug-likeness (QED) is 0.466. The van der Waals surface area contributed by atoms with Gasteiger partial charge in [-0.15, -0.1) is 0 Å². The van der Waals surface area contributed by atoms with Crippen molar-refractivity contribution in [3.05, 3.63) is 42.0 Å². The molecule has 4 atom stereocenters. The molecule has 1 aromatic carbocycles. The Labute approximate surface area is 121 Å². The zero-order valence-electron chi connectivity index (χ0n) is 11.2. The third-order valence-corrected chi connectivity index (χ3v) is 3.54. The van der Waals surface area contributed by atoms with Gasteiger partial charge in [0.05, 0.1) is 6.61 Å². The number of benzene rings is 1. The lowest BCUT2D eigenvalue weighted by Gasteiger charge is -2.25. The van der Waals surface area contributed by atoms with E-state index in [0.717, 1.165) is 5.56 Å². The third kappa shape index (κ3) is 2.84. The smallest absolute Gasteiger partial charge is 0.333 e. The van der Waals surface area contributed by atoms with E-state index < -0.39 is 30.1 Å². The number of rotatable bonds is 3. The summed E-state index contributed by atoms with van der Waals surface area (Å²) in [5.74, 6) is -2.56. The van der Waals surface area contributed by atoms with Gasteiger partial charge < -0.3 is 24.4 Å². The molecular weight excluding hydrogens is 276 g/mol. The van der Waals surface area contributed by atoms with Crippen LogP contribution in [0.2, 0.25) is 0 Å². The number of aliphatic hydroxyl groups excluding tert-OH is 1. The molecule has 0 unspecified atom stereocenters. The predicted octanol–water partition coefficient (Wildman–Crippen LogP) is 0.0901. The first-order chi connectivity index (χ1) is 10.1. The number of carbonyl (C=O) groups excluding carboxylic acids is 1. The number of fused-ring (bicyclic) bond motifs is 1. The molecule has 2 heterocycles. The van der Waals surface area contributed by atoms with Crippen LogP contribution >= 0.6 is 0 Å². The number of ether oxygens (including phenoxy) is 3. The topological polar surface area (TPSA) is 85.2 Å². The van der Waals surface area contributed by atoms with E-state index in [2.05, 4.69) is 0 Å². The van der Waals surface area contributed by atoms with Gasteiger partial charge in [0.1, 0.15) is 18.8 Å². The highest BCUT2D eigenvalue weighted by molar-refractivity contribution is 5.87. The van der Waals surface area contributed by atoms with Gasteiger partial charge in [0.25, 0.3) is 5.79 Å². The van der Waals surface area contributed by atoms with Crippen LogP contribution in [0.25, 0.3) is 6.08 Å². The minimum atomic E-state index is -1.86. The minimum Gasteiger partial charge on any atom is -0.424 e. The summed E-state index contributed by atoms with van der Waals surface area (Å²) >= 11 is 0. The van der Waals surface area contributed by atoms with Gasteiger partial charge in [-0.1, -0.05) is 30.3 Å². The van der Waals surface area contributed by atoms with Crippen molar-refractivity contribution in [1.82, 2.24) is 0 Å². The highest BCUT2D eigenvalue weighted by atomic mass is 16.7. The first-order valence-corrected chi connectivity index (χ1v) is 6.68. The Kier molecular flexibility index (Phi) is 3.77. The SMILES string of the molecule is O=C(/C=C/c1ccccc1)O[C@@]1(O)CO[C@@H]2[C@H](O)CO[C@@H]21. The molecule has 1 aromatic rings. The second-order valence-corrected chi connectivity index (χ2v) is 5.11. The number of hydrogen-bond donors (Lipinski definition) is 2. The maximum atomic E-state index is 11.8. The van der Waals surface area contributed by atoms with Crippen LogP contribution in [0.1, 0.15) is 5.56 Å². The number of aliphatic hydroxyl groups is 2. The molecule has 112 valence electrons. The summed E-state index contributed by atoms with van der Waals surface area (Å²) < 4.78 is 15.5. The molecule has 6 nitrogen and oxygen atoms in total. The second-order valence-electron chi connectivity index (χ2n) is 5.11. The van der Waals surface area contributed by atoms with Gasteiger partial charge in [-0.05, 0) is 11.6 Å². The fourth-order valence-corrected chi connectivity index (χ4v) is 2.50. The first kappa shape index (κ1) is 14.2. The number of carbonyl (C=O) groups is 1. The highest BCUT2D eigenvalue weighted by Crippen LogP contribution is 2.35. The molecule has 21 heavy (non-hydrogen) atoms. The van der Waals surface area contributed by atoms with E-state index in [9.17, 15) is 15.0 Å². The molecule has 2 fully saturated rings. The molecule has 2 aliphatic heterocycles. The van der Waals surface area contributed by atoms with Gasteiger partial charge in [0.2, 0.25) is 0 Å². The van der Waals surface area contributed by atoms with Crippen molar-refractivity contribution >= 4 is 12.0 Å². The van der Waals surface area contributed by atoms with Crippen molar-refractivity contribution in [2.75, 3.05) is 13.2 Å². The van der Waals surface area contributed by atoms with Crippen LogP contribution in [-0.4, -0.2) is 53.5 Å². The van der Waals surface area contributed by atoms with Gasteiger partial charge in [-0.2, -0.15) is 0 Å². The van der Waals surface area contributed by atoms with Gasteiger partial charge in [0.15, 0.2) is 6.10 Å². The molecule has 0 radical (unpaired) electrons. The fourth-order valence-electron chi connectivity index (χ4n) is 2.50. The molecule has 0 bridgehead atoms. The van der Waals surface area contributed by atoms with Crippen LogP contribution in [0.5, 0.6) is 0 Å². The van der Waals surface area contributed by atoms with E-state index in [4.69, 9.17) is 14.2 Å². The van der Waals surface area contributed by atoms with Gasteiger partial charge in [-0.3, -0.25) is 0 Å². The average molecular weight is 292 g/mol. The second kappa shape index (κ2) is 5.57. The lowest BCUT2D eigenvalue weighted by atomic mass is 10.1. The predicted molar refractivity (Wildman–Crippen MR) is 72.0 cm³/mol. The van der Waals surface area contributed by atoms with Crippen LogP contribution < -0.4 is 0 Å². The van der Waals surface area contributed by atoms with E-state index in [1.165, 1.54) is 6.08 Å². The minimum absolute atomic E-state index is 0.0506. The molecular formula is C15H16O6. The van der Waals surface area contributed by atoms with Gasteiger partial charge in [0, 0.05) is 6.08 Å². The van der Waals surface area contributed by atoms with Crippen LogP contribution in [0.15, 0.2) is 36.4 Å². The standard InChI is InChI=1S/C15H16O6/c16-11-8-19-14-13(11)20-9-15(14,18)21-12(17)7-6-10-4-2-1-3-5-10/h1-7,11,13-14,16,18H,8-9H2/b7-6+/t11-,13-,14+,15+/m1/s1. The number of esters is 1. The van der Waals surface area contributed by atoms with Crippen molar-refractivity contribution < 1.29 is 29.2 Å².